The average molecular weight is 475 g/mol. The minimum absolute atomic E-state index is 0.0996. The number of aromatic amines is 1. The van der Waals surface area contributed by atoms with Gasteiger partial charge in [-0.25, -0.2) is 0 Å². The van der Waals surface area contributed by atoms with Gasteiger partial charge in [0.25, 0.3) is 5.56 Å². The van der Waals surface area contributed by atoms with E-state index in [2.05, 4.69) is 19.8 Å². The molecule has 0 saturated carbocycles. The van der Waals surface area contributed by atoms with Crippen LogP contribution in [0, 0.1) is 13.8 Å². The van der Waals surface area contributed by atoms with Gasteiger partial charge in [0.05, 0.1) is 22.3 Å². The molecule has 32 heavy (non-hydrogen) atoms. The van der Waals surface area contributed by atoms with Crippen LogP contribution in [0.15, 0.2) is 35.1 Å². The van der Waals surface area contributed by atoms with Crippen LogP contribution in [0.1, 0.15) is 24.0 Å². The fourth-order valence-corrected chi connectivity index (χ4v) is 4.47. The summed E-state index contributed by atoms with van der Waals surface area (Å²) < 4.78 is 5.83. The summed E-state index contributed by atoms with van der Waals surface area (Å²) in [4.78, 5) is 24.1. The third kappa shape index (κ3) is 5.03. The first kappa shape index (κ1) is 22.9. The van der Waals surface area contributed by atoms with Crippen molar-refractivity contribution in [2.24, 2.45) is 0 Å². The molecule has 6 nitrogen and oxygen atoms in total. The second-order valence-electron chi connectivity index (χ2n) is 8.21. The first-order chi connectivity index (χ1) is 15.4. The molecular formula is C24H28Cl2N4O2. The molecule has 170 valence electrons. The van der Waals surface area contributed by atoms with Crippen molar-refractivity contribution in [2.75, 3.05) is 44.2 Å². The number of ether oxygens (including phenoxy) is 1. The number of piperazine rings is 1. The molecule has 0 radical (unpaired) electrons. The standard InChI is InChI=1S/C24H28Cl2N4O2/c1-16-17(2)24(31)28-23-18(16)8-9-21(27-23)32-15-4-3-10-29-11-13-30(14-12-29)20-7-5-6-19(25)22(20)26/h5-9H,3-4,10-15H2,1-2H3,(H,27,28,31). The Bertz CT molecular complexity index is 1160. The predicted octanol–water partition coefficient (Wildman–Crippen LogP) is 4.83. The van der Waals surface area contributed by atoms with Gasteiger partial charge in [0.2, 0.25) is 5.88 Å². The lowest BCUT2D eigenvalue weighted by Crippen LogP contribution is -2.46. The number of H-pyrrole nitrogens is 1. The summed E-state index contributed by atoms with van der Waals surface area (Å²) in [5.74, 6) is 0.545. The number of pyridine rings is 2. The van der Waals surface area contributed by atoms with E-state index in [9.17, 15) is 4.79 Å². The quantitative estimate of drug-likeness (QED) is 0.496. The number of hydrogen-bond acceptors (Lipinski definition) is 5. The summed E-state index contributed by atoms with van der Waals surface area (Å²) >= 11 is 12.5. The van der Waals surface area contributed by atoms with Gasteiger partial charge in [-0.3, -0.25) is 9.69 Å². The number of unbranched alkanes of at least 4 members (excludes halogenated alkanes) is 1. The van der Waals surface area contributed by atoms with Gasteiger partial charge >= 0.3 is 0 Å². The van der Waals surface area contributed by atoms with Crippen molar-refractivity contribution in [2.45, 2.75) is 26.7 Å². The Morgan fingerprint density at radius 1 is 1.03 bits per heavy atom. The Balaban J connectivity index is 1.21. The summed E-state index contributed by atoms with van der Waals surface area (Å²) in [7, 11) is 0. The second-order valence-corrected chi connectivity index (χ2v) is 8.99. The minimum Gasteiger partial charge on any atom is -0.478 e. The Morgan fingerprint density at radius 3 is 2.59 bits per heavy atom. The molecule has 4 rings (SSSR count). The second kappa shape index (κ2) is 10.1. The predicted molar refractivity (Wildman–Crippen MR) is 132 cm³/mol. The highest BCUT2D eigenvalue weighted by atomic mass is 35.5. The molecule has 3 aromatic rings. The van der Waals surface area contributed by atoms with Gasteiger partial charge in [0.15, 0.2) is 0 Å². The summed E-state index contributed by atoms with van der Waals surface area (Å²) in [5, 5.41) is 2.19. The summed E-state index contributed by atoms with van der Waals surface area (Å²) in [6, 6.07) is 9.62. The zero-order valence-electron chi connectivity index (χ0n) is 18.5. The zero-order valence-corrected chi connectivity index (χ0v) is 20.0. The SMILES string of the molecule is Cc1c(C)c2ccc(OCCCCN3CCN(c4cccc(Cl)c4Cl)CC3)nc2[nH]c1=O. The fraction of sp³-hybridized carbons (Fsp3) is 0.417. The van der Waals surface area contributed by atoms with Crippen LogP contribution in [0.25, 0.3) is 11.0 Å². The van der Waals surface area contributed by atoms with Crippen LogP contribution < -0.4 is 15.2 Å². The summed E-state index contributed by atoms with van der Waals surface area (Å²) in [6.07, 6.45) is 2.00. The maximum absolute atomic E-state index is 12.0. The number of aromatic nitrogens is 2. The minimum atomic E-state index is -0.0996. The number of rotatable bonds is 7. The van der Waals surface area contributed by atoms with E-state index in [1.807, 2.05) is 44.2 Å². The van der Waals surface area contributed by atoms with Crippen molar-refractivity contribution in [3.8, 4) is 5.88 Å². The molecule has 0 bridgehead atoms. The Labute approximate surface area is 198 Å². The molecule has 1 N–H and O–H groups in total. The highest BCUT2D eigenvalue weighted by Crippen LogP contribution is 2.32. The zero-order chi connectivity index (χ0) is 22.7. The van der Waals surface area contributed by atoms with Crippen molar-refractivity contribution in [1.82, 2.24) is 14.9 Å². The third-order valence-electron chi connectivity index (χ3n) is 6.17. The van der Waals surface area contributed by atoms with Gasteiger partial charge < -0.3 is 14.6 Å². The number of hydrogen-bond donors (Lipinski definition) is 1. The molecule has 1 aromatic carbocycles. The molecular weight excluding hydrogens is 447 g/mol. The maximum Gasteiger partial charge on any atom is 0.252 e. The highest BCUT2D eigenvalue weighted by molar-refractivity contribution is 6.43. The number of fused-ring (bicyclic) bond motifs is 1. The van der Waals surface area contributed by atoms with Gasteiger partial charge in [-0.2, -0.15) is 4.98 Å². The van der Waals surface area contributed by atoms with Gasteiger partial charge in [-0.05, 0) is 57.0 Å². The van der Waals surface area contributed by atoms with E-state index in [0.29, 0.717) is 28.2 Å². The van der Waals surface area contributed by atoms with E-state index >= 15 is 0 Å². The van der Waals surface area contributed by atoms with Crippen LogP contribution in [-0.4, -0.2) is 54.2 Å². The van der Waals surface area contributed by atoms with E-state index in [0.717, 1.165) is 67.8 Å². The molecule has 0 spiro atoms. The first-order valence-corrected chi connectivity index (χ1v) is 11.7. The lowest BCUT2D eigenvalue weighted by atomic mass is 10.1. The molecule has 1 aliphatic rings. The number of benzene rings is 1. The molecule has 1 saturated heterocycles. The average Bonchev–Trinajstić information content (AvgIpc) is 2.79. The normalized spacial score (nSPS) is 14.8. The number of aryl methyl sites for hydroxylation is 1. The molecule has 1 fully saturated rings. The number of nitrogens with one attached hydrogen (secondary N) is 1. The van der Waals surface area contributed by atoms with Crippen LogP contribution in [0.2, 0.25) is 10.0 Å². The Hall–Kier alpha value is -2.28. The molecule has 0 amide bonds. The first-order valence-electron chi connectivity index (χ1n) is 11.0. The van der Waals surface area contributed by atoms with Crippen molar-refractivity contribution < 1.29 is 4.74 Å². The van der Waals surface area contributed by atoms with Gasteiger partial charge in [-0.15, -0.1) is 0 Å². The highest BCUT2D eigenvalue weighted by Gasteiger charge is 2.19. The molecule has 3 heterocycles. The molecule has 8 heteroatoms. The van der Waals surface area contributed by atoms with Crippen LogP contribution in [-0.2, 0) is 0 Å². The molecule has 0 aliphatic carbocycles. The van der Waals surface area contributed by atoms with Gasteiger partial charge in [-0.1, -0.05) is 29.3 Å². The van der Waals surface area contributed by atoms with E-state index in [1.165, 1.54) is 0 Å². The van der Waals surface area contributed by atoms with Crippen molar-refractivity contribution in [1.29, 1.82) is 0 Å². The monoisotopic (exact) mass is 474 g/mol. The van der Waals surface area contributed by atoms with Crippen molar-refractivity contribution in [3.05, 3.63) is 61.9 Å². The number of halogens is 2. The molecule has 2 aromatic heterocycles. The van der Waals surface area contributed by atoms with Crippen LogP contribution >= 0.6 is 23.2 Å². The van der Waals surface area contributed by atoms with Gasteiger partial charge in [0.1, 0.15) is 5.65 Å². The van der Waals surface area contributed by atoms with E-state index < -0.39 is 0 Å². The van der Waals surface area contributed by atoms with Crippen molar-refractivity contribution >= 4 is 39.9 Å². The van der Waals surface area contributed by atoms with Crippen molar-refractivity contribution in [3.63, 3.8) is 0 Å². The summed E-state index contributed by atoms with van der Waals surface area (Å²) in [5.41, 5.74) is 3.18. The Kier molecular flexibility index (Phi) is 7.23. The maximum atomic E-state index is 12.0. The van der Waals surface area contributed by atoms with Crippen LogP contribution in [0.5, 0.6) is 5.88 Å². The largest absolute Gasteiger partial charge is 0.478 e. The van der Waals surface area contributed by atoms with Crippen LogP contribution in [0.3, 0.4) is 0 Å². The summed E-state index contributed by atoms with van der Waals surface area (Å²) in [6.45, 7) is 9.29. The van der Waals surface area contributed by atoms with E-state index in [1.54, 1.807) is 0 Å². The smallest absolute Gasteiger partial charge is 0.252 e. The third-order valence-corrected chi connectivity index (χ3v) is 6.98. The van der Waals surface area contributed by atoms with E-state index in [-0.39, 0.29) is 5.56 Å². The topological polar surface area (TPSA) is 61.5 Å². The molecule has 0 unspecified atom stereocenters. The number of anilines is 1. The molecule has 0 atom stereocenters. The number of nitrogens with zero attached hydrogens (tertiary/aromatic N) is 3. The van der Waals surface area contributed by atoms with Crippen LogP contribution in [0.4, 0.5) is 5.69 Å². The van der Waals surface area contributed by atoms with Gasteiger partial charge in [0, 0.05) is 43.2 Å². The Morgan fingerprint density at radius 2 is 1.81 bits per heavy atom. The lowest BCUT2D eigenvalue weighted by molar-refractivity contribution is 0.237. The fourth-order valence-electron chi connectivity index (χ4n) is 4.06. The van der Waals surface area contributed by atoms with E-state index in [4.69, 9.17) is 27.9 Å². The molecule has 1 aliphatic heterocycles. The lowest BCUT2D eigenvalue weighted by Gasteiger charge is -2.36.